The van der Waals surface area contributed by atoms with Gasteiger partial charge in [0.05, 0.1) is 16.3 Å². The molecule has 0 spiro atoms. The summed E-state index contributed by atoms with van der Waals surface area (Å²) in [5, 5.41) is 9.34. The fourth-order valence-electron chi connectivity index (χ4n) is 6.11. The van der Waals surface area contributed by atoms with Gasteiger partial charge in [-0.1, -0.05) is 18.7 Å². The Hall–Kier alpha value is -4.63. The highest BCUT2D eigenvalue weighted by atomic mass is 32.1. The molecule has 2 aromatic heterocycles. The van der Waals surface area contributed by atoms with Crippen molar-refractivity contribution < 1.29 is 9.59 Å². The Bertz CT molecular complexity index is 1790. The van der Waals surface area contributed by atoms with E-state index in [9.17, 15) is 14.4 Å². The van der Waals surface area contributed by atoms with Gasteiger partial charge >= 0.3 is 0 Å². The van der Waals surface area contributed by atoms with Crippen LogP contribution in [0.25, 0.3) is 11.1 Å². The average Bonchev–Trinajstić information content (AvgIpc) is 3.71. The van der Waals surface area contributed by atoms with E-state index in [0.717, 1.165) is 71.7 Å². The van der Waals surface area contributed by atoms with E-state index in [0.29, 0.717) is 17.1 Å². The highest BCUT2D eigenvalue weighted by Crippen LogP contribution is 2.35. The maximum Gasteiger partial charge on any atom is 0.274 e. The fourth-order valence-corrected chi connectivity index (χ4v) is 7.25. The Labute approximate surface area is 261 Å². The van der Waals surface area contributed by atoms with Crippen LogP contribution in [0.2, 0.25) is 0 Å². The third kappa shape index (κ3) is 6.05. The van der Waals surface area contributed by atoms with Crippen LogP contribution in [-0.4, -0.2) is 29.5 Å². The van der Waals surface area contributed by atoms with E-state index < -0.39 is 0 Å². The van der Waals surface area contributed by atoms with Crippen LogP contribution >= 0.6 is 11.3 Å². The van der Waals surface area contributed by atoms with E-state index in [1.807, 2.05) is 55.5 Å². The van der Waals surface area contributed by atoms with Crippen LogP contribution in [0.5, 0.6) is 0 Å². The van der Waals surface area contributed by atoms with Crippen molar-refractivity contribution in [3.05, 3.63) is 98.6 Å². The Morgan fingerprint density at radius 3 is 2.50 bits per heavy atom. The molecule has 3 N–H and O–H groups in total. The van der Waals surface area contributed by atoms with Crippen molar-refractivity contribution in [2.45, 2.75) is 45.4 Å². The topological polar surface area (TPSA) is 95.5 Å². The fraction of sp³-hybridized carbons (Fsp3) is 0.286. The minimum Gasteiger partial charge on any atom is -0.370 e. The number of aryl methyl sites for hydroxylation is 3. The highest BCUT2D eigenvalue weighted by molar-refractivity contribution is 7.14. The van der Waals surface area contributed by atoms with Gasteiger partial charge in [-0.15, -0.1) is 11.3 Å². The molecule has 0 atom stereocenters. The minimum atomic E-state index is -0.290. The molecule has 0 radical (unpaired) electrons. The summed E-state index contributed by atoms with van der Waals surface area (Å²) < 4.78 is 1.55. The Kier molecular flexibility index (Phi) is 8.39. The third-order valence-electron chi connectivity index (χ3n) is 8.46. The first-order chi connectivity index (χ1) is 21.3. The predicted molar refractivity (Wildman–Crippen MR) is 181 cm³/mol. The zero-order valence-electron chi connectivity index (χ0n) is 25.2. The van der Waals surface area contributed by atoms with Crippen LogP contribution in [0.15, 0.2) is 72.2 Å². The molecule has 1 saturated heterocycles. The number of amides is 2. The number of rotatable bonds is 8. The molecule has 6 rings (SSSR count). The molecule has 2 amide bonds. The van der Waals surface area contributed by atoms with E-state index in [4.69, 9.17) is 0 Å². The molecule has 9 heteroatoms. The number of nitrogens with one attached hydrogen (secondary N) is 3. The van der Waals surface area contributed by atoms with Crippen LogP contribution in [0, 0.1) is 6.92 Å². The molecule has 226 valence electrons. The maximum absolute atomic E-state index is 13.2. The second-order valence-corrected chi connectivity index (χ2v) is 12.6. The normalized spacial score (nSPS) is 14.2. The number of carbonyl (C=O) groups is 2. The molecule has 4 aromatic rings. The number of thiophene rings is 1. The molecular formula is C35H37N5O3S. The molecule has 0 unspecified atom stereocenters. The van der Waals surface area contributed by atoms with Crippen molar-refractivity contribution in [3.63, 3.8) is 0 Å². The summed E-state index contributed by atoms with van der Waals surface area (Å²) >= 11 is 1.60. The average molecular weight is 608 g/mol. The number of pyridine rings is 1. The molecule has 0 saturated carbocycles. The minimum absolute atomic E-state index is 0.0933. The van der Waals surface area contributed by atoms with Gasteiger partial charge < -0.3 is 25.4 Å². The smallest absolute Gasteiger partial charge is 0.274 e. The van der Waals surface area contributed by atoms with Crippen molar-refractivity contribution in [1.29, 1.82) is 0 Å². The van der Waals surface area contributed by atoms with Gasteiger partial charge in [-0.3, -0.25) is 14.4 Å². The van der Waals surface area contributed by atoms with Crippen LogP contribution in [0.3, 0.4) is 0 Å². The number of aromatic nitrogens is 1. The van der Waals surface area contributed by atoms with Crippen LogP contribution < -0.4 is 26.4 Å². The van der Waals surface area contributed by atoms with Gasteiger partial charge in [0.1, 0.15) is 5.69 Å². The van der Waals surface area contributed by atoms with Gasteiger partial charge in [0.15, 0.2) is 0 Å². The number of anilines is 5. The van der Waals surface area contributed by atoms with E-state index in [1.165, 1.54) is 29.4 Å². The van der Waals surface area contributed by atoms with Gasteiger partial charge in [0.25, 0.3) is 11.5 Å². The lowest BCUT2D eigenvalue weighted by Crippen LogP contribution is -2.21. The van der Waals surface area contributed by atoms with Gasteiger partial charge in [-0.2, -0.15) is 0 Å². The Morgan fingerprint density at radius 1 is 0.932 bits per heavy atom. The molecule has 44 heavy (non-hydrogen) atoms. The van der Waals surface area contributed by atoms with Crippen LogP contribution in [-0.2, 0) is 24.7 Å². The molecule has 1 aliphatic carbocycles. The summed E-state index contributed by atoms with van der Waals surface area (Å²) in [6, 6.07) is 15.4. The summed E-state index contributed by atoms with van der Waals surface area (Å²) in [7, 11) is 1.72. The first kappa shape index (κ1) is 29.4. The highest BCUT2D eigenvalue weighted by Gasteiger charge is 2.20. The first-order valence-electron chi connectivity index (χ1n) is 15.1. The molecule has 2 aromatic carbocycles. The van der Waals surface area contributed by atoms with Crippen molar-refractivity contribution >= 4 is 51.6 Å². The molecule has 1 fully saturated rings. The number of carbonyl (C=O) groups excluding carboxylic acids is 2. The molecule has 1 aliphatic heterocycles. The number of benzene rings is 2. The summed E-state index contributed by atoms with van der Waals surface area (Å²) in [5.74, 6) is -0.383. The summed E-state index contributed by atoms with van der Waals surface area (Å²) in [6.45, 7) is 7.43. The maximum atomic E-state index is 13.2. The SMILES string of the molecule is C=CC(=O)Nc1cc(Nc2cc(-c3cccc(NC(=O)c4cc5c(s4)CCCC5)c3C)cn(C)c2=O)ccc1N1CCCC1. The van der Waals surface area contributed by atoms with E-state index in [-0.39, 0.29) is 17.4 Å². The van der Waals surface area contributed by atoms with Crippen molar-refractivity contribution in [2.75, 3.05) is 33.9 Å². The number of fused-ring (bicyclic) bond motifs is 1. The molecule has 8 nitrogen and oxygen atoms in total. The number of hydrogen-bond donors (Lipinski definition) is 3. The van der Waals surface area contributed by atoms with Gasteiger partial charge in [0, 0.05) is 48.1 Å². The van der Waals surface area contributed by atoms with E-state index in [1.54, 1.807) is 29.1 Å². The van der Waals surface area contributed by atoms with Gasteiger partial charge in [-0.25, -0.2) is 0 Å². The van der Waals surface area contributed by atoms with Crippen molar-refractivity contribution in [3.8, 4) is 11.1 Å². The monoisotopic (exact) mass is 607 g/mol. The van der Waals surface area contributed by atoms with Crippen LogP contribution in [0.1, 0.15) is 51.4 Å². The molecule has 0 bridgehead atoms. The predicted octanol–water partition coefficient (Wildman–Crippen LogP) is 7.02. The van der Waals surface area contributed by atoms with E-state index >= 15 is 0 Å². The summed E-state index contributed by atoms with van der Waals surface area (Å²) in [4.78, 5) is 43.0. The second kappa shape index (κ2) is 12.5. The molecule has 3 heterocycles. The summed E-state index contributed by atoms with van der Waals surface area (Å²) in [5.41, 5.74) is 7.22. The van der Waals surface area contributed by atoms with Crippen molar-refractivity contribution in [1.82, 2.24) is 4.57 Å². The number of hydrogen-bond acceptors (Lipinski definition) is 6. The Balaban J connectivity index is 1.28. The van der Waals surface area contributed by atoms with E-state index in [2.05, 4.69) is 27.4 Å². The zero-order valence-corrected chi connectivity index (χ0v) is 26.0. The first-order valence-corrected chi connectivity index (χ1v) is 16.0. The lowest BCUT2D eigenvalue weighted by Gasteiger charge is -2.22. The van der Waals surface area contributed by atoms with Gasteiger partial charge in [0.2, 0.25) is 5.91 Å². The zero-order chi connectivity index (χ0) is 30.8. The largest absolute Gasteiger partial charge is 0.370 e. The van der Waals surface area contributed by atoms with Crippen LogP contribution in [0.4, 0.5) is 28.4 Å². The summed E-state index contributed by atoms with van der Waals surface area (Å²) in [6.07, 6.45) is 9.74. The lowest BCUT2D eigenvalue weighted by molar-refractivity contribution is -0.111. The number of nitrogens with zero attached hydrogens (tertiary/aromatic N) is 2. The third-order valence-corrected chi connectivity index (χ3v) is 9.70. The molecule has 2 aliphatic rings. The quantitative estimate of drug-likeness (QED) is 0.187. The van der Waals surface area contributed by atoms with Gasteiger partial charge in [-0.05, 0) is 105 Å². The lowest BCUT2D eigenvalue weighted by atomic mass is 9.99. The Morgan fingerprint density at radius 2 is 1.73 bits per heavy atom. The van der Waals surface area contributed by atoms with Crippen molar-refractivity contribution in [2.24, 2.45) is 7.05 Å². The second-order valence-electron chi connectivity index (χ2n) is 11.5. The molecular weight excluding hydrogens is 570 g/mol. The standard InChI is InChI=1S/C35H37N5O3S/c1-4-33(41)37-28-20-25(14-15-30(28)40-16-7-8-17-40)36-29-18-24(21-39(3)35(29)43)26-11-9-12-27(22(26)2)38-34(42)32-19-23-10-5-6-13-31(23)44-32/h4,9,11-12,14-15,18-21,36H,1,5-8,10,13,16-17H2,2-3H3,(H,37,41)(H,38,42).